The minimum atomic E-state index is -0.516. The van der Waals surface area contributed by atoms with Crippen molar-refractivity contribution in [3.63, 3.8) is 0 Å². The van der Waals surface area contributed by atoms with Gasteiger partial charge in [-0.25, -0.2) is 9.37 Å². The number of ketones is 1. The Labute approximate surface area is 138 Å². The van der Waals surface area contributed by atoms with E-state index in [-0.39, 0.29) is 17.8 Å². The van der Waals surface area contributed by atoms with Gasteiger partial charge in [0.15, 0.2) is 5.78 Å². The summed E-state index contributed by atoms with van der Waals surface area (Å²) in [6, 6.07) is 16.8. The fraction of sp³-hybridized carbons (Fsp3) is 0.158. The van der Waals surface area contributed by atoms with Crippen LogP contribution in [0.25, 0.3) is 10.6 Å². The number of aryl methyl sites for hydroxylation is 2. The zero-order valence-electron chi connectivity index (χ0n) is 12.7. The Morgan fingerprint density at radius 3 is 2.78 bits per heavy atom. The molecular formula is C19H15FNOS. The Bertz CT molecular complexity index is 826. The zero-order valence-corrected chi connectivity index (χ0v) is 13.5. The van der Waals surface area contributed by atoms with Gasteiger partial charge in [0.25, 0.3) is 0 Å². The molecule has 0 fully saturated rings. The van der Waals surface area contributed by atoms with E-state index in [0.717, 1.165) is 21.1 Å². The molecule has 0 saturated heterocycles. The summed E-state index contributed by atoms with van der Waals surface area (Å²) in [6.45, 7) is 2.00. The molecule has 1 heterocycles. The fourth-order valence-corrected chi connectivity index (χ4v) is 3.33. The molecule has 0 bridgehead atoms. The van der Waals surface area contributed by atoms with Crippen LogP contribution in [0.1, 0.15) is 27.3 Å². The molecule has 23 heavy (non-hydrogen) atoms. The summed E-state index contributed by atoms with van der Waals surface area (Å²) >= 11 is 1.62. The van der Waals surface area contributed by atoms with E-state index in [1.54, 1.807) is 17.4 Å². The second-order valence-electron chi connectivity index (χ2n) is 5.22. The van der Waals surface area contributed by atoms with E-state index in [4.69, 9.17) is 0 Å². The molecule has 3 rings (SSSR count). The lowest BCUT2D eigenvalue weighted by Crippen LogP contribution is -2.04. The van der Waals surface area contributed by atoms with E-state index in [0.29, 0.717) is 6.42 Å². The molecule has 0 atom stereocenters. The van der Waals surface area contributed by atoms with Gasteiger partial charge in [0.2, 0.25) is 0 Å². The first-order chi connectivity index (χ1) is 11.1. The van der Waals surface area contributed by atoms with Crippen molar-refractivity contribution in [3.8, 4) is 10.6 Å². The number of benzene rings is 2. The highest BCUT2D eigenvalue weighted by Crippen LogP contribution is 2.28. The largest absolute Gasteiger partial charge is 0.294 e. The number of carbonyl (C=O) groups excluding carboxylic acids is 1. The second-order valence-corrected chi connectivity index (χ2v) is 6.42. The highest BCUT2D eigenvalue weighted by atomic mass is 32.1. The first-order valence-corrected chi connectivity index (χ1v) is 8.17. The summed E-state index contributed by atoms with van der Waals surface area (Å²) in [4.78, 5) is 17.9. The average Bonchev–Trinajstić information content (AvgIpc) is 2.95. The van der Waals surface area contributed by atoms with E-state index < -0.39 is 5.82 Å². The minimum absolute atomic E-state index is 0.125. The summed E-state index contributed by atoms with van der Waals surface area (Å²) < 4.78 is 13.6. The topological polar surface area (TPSA) is 30.0 Å². The Balaban J connectivity index is 1.73. The standard InChI is InChI=1S/C19H15FNOS/c1-13-17(21-19(23-13)14-7-3-2-4-8-14)11-12-18(22)15-9-5-6-10-16(15)20/h2-5,7-10H,11-12H2,1H3. The van der Waals surface area contributed by atoms with Crippen LogP contribution in [0.4, 0.5) is 4.39 Å². The van der Waals surface area contributed by atoms with Gasteiger partial charge in [0.1, 0.15) is 10.8 Å². The third kappa shape index (κ3) is 3.54. The van der Waals surface area contributed by atoms with Gasteiger partial charge in [-0.05, 0) is 31.5 Å². The lowest BCUT2D eigenvalue weighted by atomic mass is 10.0. The van der Waals surface area contributed by atoms with Crippen molar-refractivity contribution in [2.24, 2.45) is 0 Å². The predicted octanol–water partition coefficient (Wildman–Crippen LogP) is 4.87. The number of halogens is 1. The Hall–Kier alpha value is -2.33. The van der Waals surface area contributed by atoms with Crippen LogP contribution in [0.5, 0.6) is 0 Å². The molecule has 2 nitrogen and oxygen atoms in total. The van der Waals surface area contributed by atoms with E-state index in [9.17, 15) is 9.18 Å². The molecule has 2 aromatic carbocycles. The molecule has 1 aromatic heterocycles. The van der Waals surface area contributed by atoms with E-state index in [1.165, 1.54) is 12.1 Å². The van der Waals surface area contributed by atoms with Gasteiger partial charge in [-0.1, -0.05) is 36.4 Å². The van der Waals surface area contributed by atoms with Crippen LogP contribution < -0.4 is 0 Å². The van der Waals surface area contributed by atoms with E-state index >= 15 is 0 Å². The second kappa shape index (κ2) is 6.84. The number of rotatable bonds is 5. The number of hydrogen-bond acceptors (Lipinski definition) is 3. The van der Waals surface area contributed by atoms with Crippen LogP contribution in [0, 0.1) is 18.8 Å². The first kappa shape index (κ1) is 15.6. The molecule has 0 N–H and O–H groups in total. The predicted molar refractivity (Wildman–Crippen MR) is 90.2 cm³/mol. The molecule has 4 heteroatoms. The van der Waals surface area contributed by atoms with Crippen molar-refractivity contribution in [3.05, 3.63) is 76.5 Å². The Morgan fingerprint density at radius 2 is 2.04 bits per heavy atom. The summed E-state index contributed by atoms with van der Waals surface area (Å²) in [5.74, 6) is -0.720. The quantitative estimate of drug-likeness (QED) is 0.627. The van der Waals surface area contributed by atoms with Crippen LogP contribution >= 0.6 is 11.3 Å². The molecule has 0 aliphatic heterocycles. The molecule has 3 aromatic rings. The van der Waals surface area contributed by atoms with Gasteiger partial charge in [-0.3, -0.25) is 4.79 Å². The Morgan fingerprint density at radius 1 is 1.26 bits per heavy atom. The molecule has 0 spiro atoms. The normalized spacial score (nSPS) is 10.7. The monoisotopic (exact) mass is 324 g/mol. The molecule has 0 unspecified atom stereocenters. The van der Waals surface area contributed by atoms with Gasteiger partial charge in [0.05, 0.1) is 11.3 Å². The minimum Gasteiger partial charge on any atom is -0.294 e. The highest BCUT2D eigenvalue weighted by Gasteiger charge is 2.14. The SMILES string of the molecule is Cc1sc(-c2ccccc2)nc1CCC(=O)c1cc[c]cc1F. The van der Waals surface area contributed by atoms with Crippen molar-refractivity contribution in [2.75, 3.05) is 0 Å². The molecule has 1 radical (unpaired) electrons. The smallest absolute Gasteiger partial charge is 0.166 e. The number of nitrogens with zero attached hydrogens (tertiary/aromatic N) is 1. The molecule has 0 aliphatic rings. The number of hydrogen-bond donors (Lipinski definition) is 0. The fourth-order valence-electron chi connectivity index (χ4n) is 2.37. The Kier molecular flexibility index (Phi) is 4.63. The van der Waals surface area contributed by atoms with Gasteiger partial charge in [0, 0.05) is 16.9 Å². The maximum Gasteiger partial charge on any atom is 0.166 e. The van der Waals surface area contributed by atoms with Gasteiger partial charge >= 0.3 is 0 Å². The lowest BCUT2D eigenvalue weighted by Gasteiger charge is -2.01. The van der Waals surface area contributed by atoms with Crippen LogP contribution in [0.3, 0.4) is 0 Å². The van der Waals surface area contributed by atoms with Gasteiger partial charge < -0.3 is 0 Å². The number of Topliss-reactive ketones (excluding diaryl/α,β-unsaturated/α-hetero) is 1. The number of carbonyl (C=O) groups is 1. The third-order valence-corrected chi connectivity index (χ3v) is 4.68. The average molecular weight is 324 g/mol. The lowest BCUT2D eigenvalue weighted by molar-refractivity contribution is 0.0978. The number of aromatic nitrogens is 1. The zero-order chi connectivity index (χ0) is 16.2. The van der Waals surface area contributed by atoms with Crippen LogP contribution in [-0.2, 0) is 6.42 Å². The molecule has 0 saturated carbocycles. The van der Waals surface area contributed by atoms with E-state index in [2.05, 4.69) is 11.1 Å². The summed E-state index contributed by atoms with van der Waals surface area (Å²) in [7, 11) is 0. The van der Waals surface area contributed by atoms with E-state index in [1.807, 2.05) is 37.3 Å². The van der Waals surface area contributed by atoms with Crippen molar-refractivity contribution in [1.82, 2.24) is 4.98 Å². The van der Waals surface area contributed by atoms with Gasteiger partial charge in [-0.2, -0.15) is 0 Å². The van der Waals surface area contributed by atoms with Crippen molar-refractivity contribution < 1.29 is 9.18 Å². The molecular weight excluding hydrogens is 309 g/mol. The molecule has 0 amide bonds. The molecule has 115 valence electrons. The summed E-state index contributed by atoms with van der Waals surface area (Å²) in [5.41, 5.74) is 2.10. The maximum atomic E-state index is 13.6. The van der Waals surface area contributed by atoms with Crippen molar-refractivity contribution in [2.45, 2.75) is 19.8 Å². The first-order valence-electron chi connectivity index (χ1n) is 7.35. The van der Waals surface area contributed by atoms with Crippen molar-refractivity contribution in [1.29, 1.82) is 0 Å². The maximum absolute atomic E-state index is 13.6. The summed E-state index contributed by atoms with van der Waals surface area (Å²) in [6.07, 6.45) is 0.770. The molecule has 0 aliphatic carbocycles. The summed E-state index contributed by atoms with van der Waals surface area (Å²) in [5, 5.41) is 0.950. The van der Waals surface area contributed by atoms with Crippen LogP contribution in [0.2, 0.25) is 0 Å². The van der Waals surface area contributed by atoms with Crippen LogP contribution in [-0.4, -0.2) is 10.8 Å². The van der Waals surface area contributed by atoms with Gasteiger partial charge in [-0.15, -0.1) is 11.3 Å². The third-order valence-electron chi connectivity index (χ3n) is 3.62. The van der Waals surface area contributed by atoms with Crippen molar-refractivity contribution >= 4 is 17.1 Å². The van der Waals surface area contributed by atoms with Crippen LogP contribution in [0.15, 0.2) is 48.5 Å². The highest BCUT2D eigenvalue weighted by molar-refractivity contribution is 7.15. The number of thiazole rings is 1.